The minimum atomic E-state index is 0.242. The monoisotopic (exact) mass is 364 g/mol. The highest BCUT2D eigenvalue weighted by Gasteiger charge is 2.24. The Morgan fingerprint density at radius 1 is 1.32 bits per heavy atom. The summed E-state index contributed by atoms with van der Waals surface area (Å²) in [5.74, 6) is 3.27. The molecular formula is C19H32N4OS. The summed E-state index contributed by atoms with van der Waals surface area (Å²) in [6.45, 7) is 7.04. The van der Waals surface area contributed by atoms with Crippen LogP contribution >= 0.6 is 11.8 Å². The fourth-order valence-corrected chi connectivity index (χ4v) is 4.83. The zero-order valence-electron chi connectivity index (χ0n) is 15.4. The van der Waals surface area contributed by atoms with Gasteiger partial charge in [0.25, 0.3) is 0 Å². The Balaban J connectivity index is 1.61. The second-order valence-electron chi connectivity index (χ2n) is 6.86. The molecule has 2 saturated heterocycles. The van der Waals surface area contributed by atoms with Crippen LogP contribution in [0.5, 0.6) is 0 Å². The van der Waals surface area contributed by atoms with Crippen molar-refractivity contribution in [2.75, 3.05) is 38.5 Å². The van der Waals surface area contributed by atoms with Gasteiger partial charge in [0.2, 0.25) is 0 Å². The smallest absolute Gasteiger partial charge is 0.191 e. The molecule has 0 saturated carbocycles. The molecule has 2 fully saturated rings. The average molecular weight is 365 g/mol. The minimum Gasteiger partial charge on any atom is -0.468 e. The normalized spacial score (nSPS) is 23.6. The number of nitrogens with one attached hydrogen (secondary N) is 2. The van der Waals surface area contributed by atoms with Crippen LogP contribution in [0.25, 0.3) is 0 Å². The summed E-state index contributed by atoms with van der Waals surface area (Å²) < 4.78 is 5.73. The van der Waals surface area contributed by atoms with Crippen molar-refractivity contribution in [1.82, 2.24) is 15.5 Å². The van der Waals surface area contributed by atoms with E-state index >= 15 is 0 Å². The Kier molecular flexibility index (Phi) is 7.55. The summed E-state index contributed by atoms with van der Waals surface area (Å²) in [6.07, 6.45) is 8.33. The first-order chi connectivity index (χ1) is 12.4. The van der Waals surface area contributed by atoms with E-state index in [1.54, 1.807) is 6.26 Å². The third-order valence-corrected chi connectivity index (χ3v) is 6.39. The molecular weight excluding hydrogens is 332 g/mol. The molecule has 0 amide bonds. The van der Waals surface area contributed by atoms with E-state index in [9.17, 15) is 0 Å². The minimum absolute atomic E-state index is 0.242. The number of guanidine groups is 1. The zero-order valence-corrected chi connectivity index (χ0v) is 16.2. The molecule has 0 bridgehead atoms. The molecule has 0 spiro atoms. The lowest BCUT2D eigenvalue weighted by atomic mass is 10.1. The van der Waals surface area contributed by atoms with E-state index < -0.39 is 0 Å². The first-order valence-corrected chi connectivity index (χ1v) is 10.8. The standard InChI is InChI=1S/C19H32N4OS/c1-2-20-19(21-14-16-8-7-13-25-16)22-15-17(18-9-6-12-24-18)23-10-4-3-5-11-23/h6,9,12,16-17H,2-5,7-8,10-11,13-15H2,1H3,(H2,20,21,22). The maximum atomic E-state index is 5.73. The molecule has 2 aliphatic heterocycles. The highest BCUT2D eigenvalue weighted by molar-refractivity contribution is 8.00. The highest BCUT2D eigenvalue weighted by atomic mass is 32.2. The average Bonchev–Trinajstić information content (AvgIpc) is 3.35. The number of likely N-dealkylation sites (tertiary alicyclic amines) is 1. The van der Waals surface area contributed by atoms with Crippen LogP contribution in [0.2, 0.25) is 0 Å². The van der Waals surface area contributed by atoms with Crippen molar-refractivity contribution in [1.29, 1.82) is 0 Å². The Labute approximate surface area is 156 Å². The van der Waals surface area contributed by atoms with Crippen LogP contribution in [0.1, 0.15) is 50.8 Å². The van der Waals surface area contributed by atoms with Gasteiger partial charge in [-0.25, -0.2) is 0 Å². The van der Waals surface area contributed by atoms with Crippen molar-refractivity contribution in [3.8, 4) is 0 Å². The molecule has 1 aromatic rings. The van der Waals surface area contributed by atoms with Gasteiger partial charge in [-0.15, -0.1) is 0 Å². The second kappa shape index (κ2) is 10.1. The molecule has 2 N–H and O–H groups in total. The molecule has 2 aliphatic rings. The molecule has 0 radical (unpaired) electrons. The molecule has 2 unspecified atom stereocenters. The van der Waals surface area contributed by atoms with Gasteiger partial charge in [-0.1, -0.05) is 6.42 Å². The highest BCUT2D eigenvalue weighted by Crippen LogP contribution is 2.26. The molecule has 6 heteroatoms. The van der Waals surface area contributed by atoms with E-state index in [-0.39, 0.29) is 6.04 Å². The van der Waals surface area contributed by atoms with E-state index in [0.29, 0.717) is 0 Å². The molecule has 0 aromatic carbocycles. The Hall–Kier alpha value is -1.14. The van der Waals surface area contributed by atoms with Gasteiger partial charge in [-0.05, 0) is 63.6 Å². The summed E-state index contributed by atoms with van der Waals surface area (Å²) in [4.78, 5) is 7.42. The number of hydrogen-bond donors (Lipinski definition) is 2. The summed E-state index contributed by atoms with van der Waals surface area (Å²) in [5.41, 5.74) is 0. The van der Waals surface area contributed by atoms with Gasteiger partial charge in [0.1, 0.15) is 5.76 Å². The molecule has 25 heavy (non-hydrogen) atoms. The van der Waals surface area contributed by atoms with E-state index in [1.807, 2.05) is 6.07 Å². The first-order valence-electron chi connectivity index (χ1n) is 9.78. The van der Waals surface area contributed by atoms with Crippen LogP contribution in [0.4, 0.5) is 0 Å². The van der Waals surface area contributed by atoms with Crippen LogP contribution in [0.3, 0.4) is 0 Å². The predicted octanol–water partition coefficient (Wildman–Crippen LogP) is 3.26. The lowest BCUT2D eigenvalue weighted by Gasteiger charge is -2.32. The van der Waals surface area contributed by atoms with Gasteiger partial charge in [0.05, 0.1) is 18.8 Å². The van der Waals surface area contributed by atoms with Gasteiger partial charge in [0.15, 0.2) is 5.96 Å². The molecule has 0 aliphatic carbocycles. The number of hydrogen-bond acceptors (Lipinski definition) is 4. The van der Waals surface area contributed by atoms with Gasteiger partial charge >= 0.3 is 0 Å². The molecule has 3 heterocycles. The van der Waals surface area contributed by atoms with Gasteiger partial charge in [-0.2, -0.15) is 11.8 Å². The van der Waals surface area contributed by atoms with Crippen LogP contribution in [-0.4, -0.2) is 54.6 Å². The van der Waals surface area contributed by atoms with E-state index in [2.05, 4.69) is 40.3 Å². The van der Waals surface area contributed by atoms with Gasteiger partial charge in [-0.3, -0.25) is 9.89 Å². The molecule has 140 valence electrons. The maximum Gasteiger partial charge on any atom is 0.191 e. The van der Waals surface area contributed by atoms with Gasteiger partial charge < -0.3 is 15.1 Å². The molecule has 3 rings (SSSR count). The summed E-state index contributed by atoms with van der Waals surface area (Å²) in [7, 11) is 0. The largest absolute Gasteiger partial charge is 0.468 e. The fourth-order valence-electron chi connectivity index (χ4n) is 3.63. The number of furan rings is 1. The Morgan fingerprint density at radius 3 is 2.88 bits per heavy atom. The van der Waals surface area contributed by atoms with Crippen molar-refractivity contribution < 1.29 is 4.42 Å². The maximum absolute atomic E-state index is 5.73. The molecule has 1 aromatic heterocycles. The van der Waals surface area contributed by atoms with Crippen LogP contribution in [0.15, 0.2) is 27.8 Å². The lowest BCUT2D eigenvalue weighted by molar-refractivity contribution is 0.150. The number of nitrogens with zero attached hydrogens (tertiary/aromatic N) is 2. The van der Waals surface area contributed by atoms with Crippen LogP contribution in [0, 0.1) is 0 Å². The summed E-state index contributed by atoms with van der Waals surface area (Å²) in [5, 5.41) is 7.65. The topological polar surface area (TPSA) is 52.8 Å². The van der Waals surface area contributed by atoms with E-state index in [0.717, 1.165) is 49.7 Å². The predicted molar refractivity (Wildman–Crippen MR) is 106 cm³/mol. The quantitative estimate of drug-likeness (QED) is 0.574. The Morgan fingerprint density at radius 2 is 2.20 bits per heavy atom. The number of aliphatic imine (C=N–C) groups is 1. The van der Waals surface area contributed by atoms with E-state index in [1.165, 1.54) is 37.9 Å². The molecule has 2 atom stereocenters. The molecule has 5 nitrogen and oxygen atoms in total. The van der Waals surface area contributed by atoms with Crippen molar-refractivity contribution >= 4 is 17.7 Å². The van der Waals surface area contributed by atoms with Gasteiger partial charge in [0, 0.05) is 18.3 Å². The zero-order chi connectivity index (χ0) is 17.3. The lowest BCUT2D eigenvalue weighted by Crippen LogP contribution is -2.41. The SMILES string of the molecule is CCNC(=NCC(c1ccco1)N1CCCCC1)NCC1CCCS1. The first kappa shape index (κ1) is 18.6. The Bertz CT molecular complexity index is 508. The number of piperidine rings is 1. The fraction of sp³-hybridized carbons (Fsp3) is 0.737. The summed E-state index contributed by atoms with van der Waals surface area (Å²) in [6, 6.07) is 4.31. The van der Waals surface area contributed by atoms with Crippen LogP contribution in [-0.2, 0) is 0 Å². The van der Waals surface area contributed by atoms with Crippen molar-refractivity contribution in [3.05, 3.63) is 24.2 Å². The number of rotatable bonds is 7. The second-order valence-corrected chi connectivity index (χ2v) is 8.27. The third-order valence-electron chi connectivity index (χ3n) is 4.99. The third kappa shape index (κ3) is 5.68. The van der Waals surface area contributed by atoms with E-state index in [4.69, 9.17) is 9.41 Å². The van der Waals surface area contributed by atoms with Crippen LogP contribution < -0.4 is 10.6 Å². The van der Waals surface area contributed by atoms with Crippen molar-refractivity contribution in [2.45, 2.75) is 50.3 Å². The number of thioether (sulfide) groups is 1. The summed E-state index contributed by atoms with van der Waals surface area (Å²) >= 11 is 2.08. The van der Waals surface area contributed by atoms with Crippen molar-refractivity contribution in [2.24, 2.45) is 4.99 Å². The van der Waals surface area contributed by atoms with Crippen molar-refractivity contribution in [3.63, 3.8) is 0 Å².